The summed E-state index contributed by atoms with van der Waals surface area (Å²) in [6, 6.07) is 10.4. The first-order chi connectivity index (χ1) is 11.7. The van der Waals surface area contributed by atoms with Crippen molar-refractivity contribution in [2.75, 3.05) is 13.1 Å². The van der Waals surface area contributed by atoms with Gasteiger partial charge in [0.15, 0.2) is 0 Å². The van der Waals surface area contributed by atoms with Crippen molar-refractivity contribution in [3.8, 4) is 6.07 Å². The highest BCUT2D eigenvalue weighted by atomic mass is 35.5. The molecule has 2 saturated carbocycles. The molecule has 3 fully saturated rings. The number of benzene rings is 1. The number of likely N-dealkylation sites (tertiary alicyclic amines) is 1. The Morgan fingerprint density at radius 1 is 1.24 bits per heavy atom. The lowest BCUT2D eigenvalue weighted by atomic mass is 9.84. The molecular weight excluding hydrogens is 334 g/mol. The van der Waals surface area contributed by atoms with E-state index in [-0.39, 0.29) is 24.2 Å². The van der Waals surface area contributed by atoms with E-state index >= 15 is 0 Å². The van der Waals surface area contributed by atoms with Crippen LogP contribution in [0.1, 0.15) is 43.2 Å². The van der Waals surface area contributed by atoms with Gasteiger partial charge in [0.1, 0.15) is 0 Å². The van der Waals surface area contributed by atoms with Crippen LogP contribution in [0.2, 0.25) is 0 Å². The number of carbonyl (C=O) groups is 1. The van der Waals surface area contributed by atoms with Crippen LogP contribution in [0.4, 0.5) is 0 Å². The molecule has 0 unspecified atom stereocenters. The summed E-state index contributed by atoms with van der Waals surface area (Å²) in [7, 11) is 0. The average Bonchev–Trinajstić information content (AvgIpc) is 3.29. The van der Waals surface area contributed by atoms with E-state index in [1.807, 2.05) is 18.2 Å². The second kappa shape index (κ2) is 7.76. The number of nitriles is 1. The largest absolute Gasteiger partial charge is 0.352 e. The van der Waals surface area contributed by atoms with Crippen molar-refractivity contribution in [1.29, 1.82) is 5.26 Å². The van der Waals surface area contributed by atoms with Crippen LogP contribution in [0.15, 0.2) is 24.3 Å². The number of hydrogen-bond acceptors (Lipinski definition) is 3. The maximum atomic E-state index is 12.4. The molecule has 1 heterocycles. The van der Waals surface area contributed by atoms with Crippen molar-refractivity contribution in [3.63, 3.8) is 0 Å². The predicted octanol–water partition coefficient (Wildman–Crippen LogP) is 3.11. The Morgan fingerprint density at radius 3 is 2.68 bits per heavy atom. The van der Waals surface area contributed by atoms with Gasteiger partial charge in [-0.25, -0.2) is 0 Å². The van der Waals surface area contributed by atoms with Crippen LogP contribution in [-0.4, -0.2) is 29.9 Å². The summed E-state index contributed by atoms with van der Waals surface area (Å²) in [6.45, 7) is 2.88. The van der Waals surface area contributed by atoms with E-state index in [0.29, 0.717) is 12.0 Å². The number of nitrogens with zero attached hydrogens (tertiary/aromatic N) is 2. The lowest BCUT2D eigenvalue weighted by Crippen LogP contribution is -2.45. The van der Waals surface area contributed by atoms with Crippen molar-refractivity contribution in [3.05, 3.63) is 35.4 Å². The van der Waals surface area contributed by atoms with Gasteiger partial charge < -0.3 is 5.32 Å². The molecule has 25 heavy (non-hydrogen) atoms. The first-order valence-electron chi connectivity index (χ1n) is 9.24. The van der Waals surface area contributed by atoms with E-state index in [2.05, 4.69) is 22.4 Å². The minimum Gasteiger partial charge on any atom is -0.352 e. The zero-order valence-corrected chi connectivity index (χ0v) is 15.3. The molecule has 2 atom stereocenters. The summed E-state index contributed by atoms with van der Waals surface area (Å²) < 4.78 is 0. The lowest BCUT2D eigenvalue weighted by molar-refractivity contribution is -0.128. The molecule has 0 radical (unpaired) electrons. The van der Waals surface area contributed by atoms with Gasteiger partial charge in [0.25, 0.3) is 0 Å². The third-order valence-electron chi connectivity index (χ3n) is 5.93. The van der Waals surface area contributed by atoms with Crippen LogP contribution in [0.5, 0.6) is 0 Å². The van der Waals surface area contributed by atoms with E-state index in [4.69, 9.17) is 5.26 Å². The minimum absolute atomic E-state index is 0. The zero-order chi connectivity index (χ0) is 16.5. The fraction of sp³-hybridized carbons (Fsp3) is 0.600. The summed E-state index contributed by atoms with van der Waals surface area (Å²) in [5, 5.41) is 12.4. The van der Waals surface area contributed by atoms with Gasteiger partial charge in [0.2, 0.25) is 5.91 Å². The van der Waals surface area contributed by atoms with E-state index in [9.17, 15) is 4.79 Å². The molecule has 1 amide bonds. The van der Waals surface area contributed by atoms with Gasteiger partial charge in [0.05, 0.1) is 11.6 Å². The summed E-state index contributed by atoms with van der Waals surface area (Å²) in [5.41, 5.74) is 1.91. The molecule has 0 bridgehead atoms. The van der Waals surface area contributed by atoms with Crippen LogP contribution in [-0.2, 0) is 11.3 Å². The van der Waals surface area contributed by atoms with Gasteiger partial charge in [-0.05, 0) is 55.2 Å². The molecule has 1 aromatic carbocycles. The minimum atomic E-state index is 0. The first kappa shape index (κ1) is 18.2. The van der Waals surface area contributed by atoms with Crippen molar-refractivity contribution in [1.82, 2.24) is 10.2 Å². The number of hydrogen-bond donors (Lipinski definition) is 1. The Morgan fingerprint density at radius 2 is 2.04 bits per heavy atom. The zero-order valence-electron chi connectivity index (χ0n) is 14.5. The third-order valence-corrected chi connectivity index (χ3v) is 5.93. The van der Waals surface area contributed by atoms with E-state index in [0.717, 1.165) is 44.0 Å². The Kier molecular flexibility index (Phi) is 5.66. The Bertz CT molecular complexity index is 663. The Hall–Kier alpha value is -1.57. The van der Waals surface area contributed by atoms with Crippen LogP contribution in [0, 0.1) is 29.1 Å². The molecule has 1 N–H and O–H groups in total. The second-order valence-electron chi connectivity index (χ2n) is 7.75. The molecule has 134 valence electrons. The monoisotopic (exact) mass is 359 g/mol. The molecule has 1 aliphatic heterocycles. The van der Waals surface area contributed by atoms with Gasteiger partial charge in [-0.3, -0.25) is 9.69 Å². The maximum Gasteiger partial charge on any atom is 0.223 e. The number of amides is 1. The van der Waals surface area contributed by atoms with E-state index < -0.39 is 0 Å². The first-order valence-corrected chi connectivity index (χ1v) is 9.24. The topological polar surface area (TPSA) is 56.1 Å². The average molecular weight is 360 g/mol. The van der Waals surface area contributed by atoms with Gasteiger partial charge in [-0.2, -0.15) is 5.26 Å². The lowest BCUT2D eigenvalue weighted by Gasteiger charge is -2.28. The highest BCUT2D eigenvalue weighted by molar-refractivity contribution is 5.85. The molecule has 3 aliphatic rings. The standard InChI is InChI=1S/C20H25N3O.ClH/c21-10-14-3-1-4-15(9-14)11-23-12-18(16-7-8-16)19(13-23)22-20(24)17-5-2-6-17;/h1,3-4,9,16-19H,2,5-8,11-13H2,(H,22,24);1H/t18-,19+;/m1./s1. The molecule has 2 aliphatic carbocycles. The molecule has 0 spiro atoms. The summed E-state index contributed by atoms with van der Waals surface area (Å²) in [6.07, 6.45) is 5.97. The van der Waals surface area contributed by atoms with Gasteiger partial charge in [-0.1, -0.05) is 18.6 Å². The molecular formula is C20H26ClN3O. The van der Waals surface area contributed by atoms with Crippen molar-refractivity contribution < 1.29 is 4.79 Å². The van der Waals surface area contributed by atoms with Crippen molar-refractivity contribution in [2.45, 2.75) is 44.7 Å². The van der Waals surface area contributed by atoms with Gasteiger partial charge in [0, 0.05) is 31.6 Å². The van der Waals surface area contributed by atoms with Crippen LogP contribution < -0.4 is 5.32 Å². The van der Waals surface area contributed by atoms with Crippen LogP contribution in [0.25, 0.3) is 0 Å². The summed E-state index contributed by atoms with van der Waals surface area (Å²) in [4.78, 5) is 14.8. The SMILES string of the molecule is Cl.N#Cc1cccc(CN2C[C@H](NC(=O)C3CCC3)[C@@H](C3CC3)C2)c1. The number of rotatable bonds is 5. The number of nitrogens with one attached hydrogen (secondary N) is 1. The van der Waals surface area contributed by atoms with Crippen LogP contribution >= 0.6 is 12.4 Å². The molecule has 0 aromatic heterocycles. The van der Waals surface area contributed by atoms with Crippen molar-refractivity contribution >= 4 is 18.3 Å². The maximum absolute atomic E-state index is 12.4. The van der Waals surface area contributed by atoms with E-state index in [1.54, 1.807) is 0 Å². The molecule has 4 nitrogen and oxygen atoms in total. The molecule has 4 rings (SSSR count). The Labute approximate surface area is 156 Å². The van der Waals surface area contributed by atoms with E-state index in [1.165, 1.54) is 24.8 Å². The third kappa shape index (κ3) is 4.16. The highest BCUT2D eigenvalue weighted by Crippen LogP contribution is 2.42. The van der Waals surface area contributed by atoms with Gasteiger partial charge in [-0.15, -0.1) is 12.4 Å². The predicted molar refractivity (Wildman–Crippen MR) is 99.2 cm³/mol. The molecule has 1 aromatic rings. The summed E-state index contributed by atoms with van der Waals surface area (Å²) >= 11 is 0. The molecule has 1 saturated heterocycles. The Balaban J connectivity index is 0.00000182. The fourth-order valence-corrected chi connectivity index (χ4v) is 4.17. The molecule has 5 heteroatoms. The number of halogens is 1. The quantitative estimate of drug-likeness (QED) is 0.878. The normalized spacial score (nSPS) is 26.4. The summed E-state index contributed by atoms with van der Waals surface area (Å²) in [5.74, 6) is 1.96. The van der Waals surface area contributed by atoms with Crippen LogP contribution in [0.3, 0.4) is 0 Å². The van der Waals surface area contributed by atoms with Crippen molar-refractivity contribution in [2.24, 2.45) is 17.8 Å². The number of carbonyl (C=O) groups excluding carboxylic acids is 1. The highest BCUT2D eigenvalue weighted by Gasteiger charge is 2.43. The smallest absolute Gasteiger partial charge is 0.223 e. The van der Waals surface area contributed by atoms with Gasteiger partial charge >= 0.3 is 0 Å². The fourth-order valence-electron chi connectivity index (χ4n) is 4.17. The second-order valence-corrected chi connectivity index (χ2v) is 7.75.